The Morgan fingerprint density at radius 2 is 1.71 bits per heavy atom. The minimum absolute atomic E-state index is 0.0633. The van der Waals surface area contributed by atoms with Crippen molar-refractivity contribution in [2.75, 3.05) is 13.1 Å². The second kappa shape index (κ2) is 7.64. The SMILES string of the molecule is CCN(CC(=O)O)C1CC(NC(=O)NC2CCCCC2)C1. The summed E-state index contributed by atoms with van der Waals surface area (Å²) in [5, 5.41) is 14.9. The lowest BCUT2D eigenvalue weighted by Gasteiger charge is -2.42. The summed E-state index contributed by atoms with van der Waals surface area (Å²) in [5.41, 5.74) is 0. The summed E-state index contributed by atoms with van der Waals surface area (Å²) in [6.07, 6.45) is 7.55. The molecule has 0 aromatic carbocycles. The van der Waals surface area contributed by atoms with Crippen LogP contribution in [0.2, 0.25) is 0 Å². The number of carboxylic acid groups (broad SMARTS) is 1. The van der Waals surface area contributed by atoms with Crippen LogP contribution in [0.1, 0.15) is 51.9 Å². The lowest BCUT2D eigenvalue weighted by molar-refractivity contribution is -0.139. The minimum Gasteiger partial charge on any atom is -0.480 e. The number of hydrogen-bond donors (Lipinski definition) is 3. The van der Waals surface area contributed by atoms with Crippen LogP contribution in [-0.4, -0.2) is 53.2 Å². The van der Waals surface area contributed by atoms with Crippen molar-refractivity contribution in [3.05, 3.63) is 0 Å². The third-order valence-corrected chi connectivity index (χ3v) is 4.65. The molecule has 0 saturated heterocycles. The van der Waals surface area contributed by atoms with E-state index in [2.05, 4.69) is 10.6 Å². The van der Waals surface area contributed by atoms with Crippen molar-refractivity contribution in [2.24, 2.45) is 0 Å². The van der Waals surface area contributed by atoms with E-state index in [1.165, 1.54) is 19.3 Å². The van der Waals surface area contributed by atoms with Crippen LogP contribution in [0, 0.1) is 0 Å². The van der Waals surface area contributed by atoms with Gasteiger partial charge in [0.1, 0.15) is 0 Å². The topological polar surface area (TPSA) is 81.7 Å². The monoisotopic (exact) mass is 297 g/mol. The van der Waals surface area contributed by atoms with Crippen LogP contribution in [0.25, 0.3) is 0 Å². The van der Waals surface area contributed by atoms with Gasteiger partial charge in [0.2, 0.25) is 0 Å². The van der Waals surface area contributed by atoms with Gasteiger partial charge in [-0.1, -0.05) is 26.2 Å². The third kappa shape index (κ3) is 4.88. The maximum atomic E-state index is 11.9. The van der Waals surface area contributed by atoms with Crippen molar-refractivity contribution in [2.45, 2.75) is 70.0 Å². The smallest absolute Gasteiger partial charge is 0.317 e. The number of hydrogen-bond acceptors (Lipinski definition) is 3. The Kier molecular flexibility index (Phi) is 5.85. The van der Waals surface area contributed by atoms with Crippen molar-refractivity contribution in [1.82, 2.24) is 15.5 Å². The molecule has 0 bridgehead atoms. The predicted molar refractivity (Wildman–Crippen MR) is 80.2 cm³/mol. The summed E-state index contributed by atoms with van der Waals surface area (Å²) in [4.78, 5) is 24.6. The average molecular weight is 297 g/mol. The van der Waals surface area contributed by atoms with E-state index in [9.17, 15) is 9.59 Å². The van der Waals surface area contributed by atoms with Crippen LogP contribution < -0.4 is 10.6 Å². The molecule has 2 amide bonds. The Balaban J connectivity index is 1.64. The van der Waals surface area contributed by atoms with Crippen LogP contribution in [-0.2, 0) is 4.79 Å². The second-order valence-electron chi connectivity index (χ2n) is 6.23. The number of carboxylic acids is 1. The van der Waals surface area contributed by atoms with E-state index in [4.69, 9.17) is 5.11 Å². The molecule has 2 fully saturated rings. The van der Waals surface area contributed by atoms with Crippen molar-refractivity contribution in [1.29, 1.82) is 0 Å². The number of carbonyl (C=O) groups is 2. The van der Waals surface area contributed by atoms with Gasteiger partial charge in [0.15, 0.2) is 0 Å². The Hall–Kier alpha value is -1.30. The Morgan fingerprint density at radius 1 is 1.10 bits per heavy atom. The van der Waals surface area contributed by atoms with Crippen LogP contribution in [0.15, 0.2) is 0 Å². The molecule has 6 heteroatoms. The quantitative estimate of drug-likeness (QED) is 0.695. The van der Waals surface area contributed by atoms with E-state index >= 15 is 0 Å². The Bertz CT molecular complexity index is 363. The number of carbonyl (C=O) groups excluding carboxylic acids is 1. The summed E-state index contributed by atoms with van der Waals surface area (Å²) in [6.45, 7) is 2.79. The zero-order valence-electron chi connectivity index (χ0n) is 12.8. The number of aliphatic carboxylic acids is 1. The van der Waals surface area contributed by atoms with Gasteiger partial charge in [0.25, 0.3) is 0 Å². The molecule has 120 valence electrons. The van der Waals surface area contributed by atoms with E-state index in [-0.39, 0.29) is 24.7 Å². The van der Waals surface area contributed by atoms with Crippen LogP contribution in [0.3, 0.4) is 0 Å². The molecule has 0 unspecified atom stereocenters. The third-order valence-electron chi connectivity index (χ3n) is 4.65. The molecule has 21 heavy (non-hydrogen) atoms. The normalized spacial score (nSPS) is 26.2. The van der Waals surface area contributed by atoms with Gasteiger partial charge in [0, 0.05) is 18.1 Å². The Labute approximate surface area is 126 Å². The van der Waals surface area contributed by atoms with Crippen molar-refractivity contribution in [3.8, 4) is 0 Å². The molecule has 3 N–H and O–H groups in total. The lowest BCUT2D eigenvalue weighted by Crippen LogP contribution is -2.57. The molecule has 2 saturated carbocycles. The van der Waals surface area contributed by atoms with Crippen LogP contribution >= 0.6 is 0 Å². The number of rotatable bonds is 6. The fourth-order valence-electron chi connectivity index (χ4n) is 3.34. The van der Waals surface area contributed by atoms with Crippen molar-refractivity contribution < 1.29 is 14.7 Å². The highest BCUT2D eigenvalue weighted by Crippen LogP contribution is 2.25. The molecule has 6 nitrogen and oxygen atoms in total. The van der Waals surface area contributed by atoms with Crippen LogP contribution in [0.5, 0.6) is 0 Å². The second-order valence-corrected chi connectivity index (χ2v) is 6.23. The van der Waals surface area contributed by atoms with Gasteiger partial charge < -0.3 is 15.7 Å². The summed E-state index contributed by atoms with van der Waals surface area (Å²) < 4.78 is 0. The fourth-order valence-corrected chi connectivity index (χ4v) is 3.34. The van der Waals surface area contributed by atoms with Gasteiger partial charge in [-0.15, -0.1) is 0 Å². The van der Waals surface area contributed by atoms with E-state index in [1.807, 2.05) is 11.8 Å². The van der Waals surface area contributed by atoms with E-state index < -0.39 is 5.97 Å². The summed E-state index contributed by atoms with van der Waals surface area (Å²) in [7, 11) is 0. The first-order chi connectivity index (χ1) is 10.1. The summed E-state index contributed by atoms with van der Waals surface area (Å²) >= 11 is 0. The first kappa shape index (κ1) is 16.1. The minimum atomic E-state index is -0.789. The molecule has 0 atom stereocenters. The molecule has 0 aromatic heterocycles. The molecule has 2 aliphatic rings. The van der Waals surface area contributed by atoms with Crippen LogP contribution in [0.4, 0.5) is 4.79 Å². The molecule has 2 aliphatic carbocycles. The van der Waals surface area contributed by atoms with E-state index in [1.54, 1.807) is 0 Å². The number of nitrogens with zero attached hydrogens (tertiary/aromatic N) is 1. The highest BCUT2D eigenvalue weighted by molar-refractivity contribution is 5.74. The Morgan fingerprint density at radius 3 is 2.29 bits per heavy atom. The lowest BCUT2D eigenvalue weighted by atomic mass is 9.85. The highest BCUT2D eigenvalue weighted by atomic mass is 16.4. The molecule has 0 aliphatic heterocycles. The summed E-state index contributed by atoms with van der Waals surface area (Å²) in [6, 6.07) is 0.730. The van der Waals surface area contributed by atoms with Gasteiger partial charge in [-0.2, -0.15) is 0 Å². The van der Waals surface area contributed by atoms with E-state index in [0.29, 0.717) is 6.04 Å². The number of nitrogens with one attached hydrogen (secondary N) is 2. The molecule has 2 rings (SSSR count). The molecule has 0 heterocycles. The van der Waals surface area contributed by atoms with Gasteiger partial charge in [-0.05, 0) is 32.2 Å². The molecule has 0 aromatic rings. The largest absolute Gasteiger partial charge is 0.480 e. The first-order valence-electron chi connectivity index (χ1n) is 8.11. The molecular formula is C15H27N3O3. The maximum absolute atomic E-state index is 11.9. The zero-order chi connectivity index (χ0) is 15.2. The van der Waals surface area contributed by atoms with Gasteiger partial charge in [-0.3, -0.25) is 9.69 Å². The van der Waals surface area contributed by atoms with Crippen molar-refractivity contribution in [3.63, 3.8) is 0 Å². The predicted octanol–water partition coefficient (Wildman–Crippen LogP) is 1.56. The zero-order valence-corrected chi connectivity index (χ0v) is 12.8. The number of amides is 2. The summed E-state index contributed by atoms with van der Waals surface area (Å²) in [5.74, 6) is -0.789. The van der Waals surface area contributed by atoms with E-state index in [0.717, 1.165) is 32.2 Å². The molecule has 0 spiro atoms. The average Bonchev–Trinajstić information content (AvgIpc) is 2.41. The van der Waals surface area contributed by atoms with Crippen molar-refractivity contribution >= 4 is 12.0 Å². The molecule has 0 radical (unpaired) electrons. The standard InChI is InChI=1S/C15H27N3O3/c1-2-18(10-14(19)20)13-8-12(9-13)17-15(21)16-11-6-4-3-5-7-11/h11-13H,2-10H2,1H3,(H,19,20)(H2,16,17,21). The highest BCUT2D eigenvalue weighted by Gasteiger charge is 2.34. The van der Waals surface area contributed by atoms with Gasteiger partial charge in [-0.25, -0.2) is 4.79 Å². The first-order valence-corrected chi connectivity index (χ1v) is 8.11. The number of urea groups is 1. The molecular weight excluding hydrogens is 270 g/mol. The van der Waals surface area contributed by atoms with Gasteiger partial charge >= 0.3 is 12.0 Å². The fraction of sp³-hybridized carbons (Fsp3) is 0.867. The van der Waals surface area contributed by atoms with Gasteiger partial charge in [0.05, 0.1) is 6.54 Å². The number of likely N-dealkylation sites (N-methyl/N-ethyl adjacent to an activating group) is 1. The maximum Gasteiger partial charge on any atom is 0.317 e.